The lowest BCUT2D eigenvalue weighted by atomic mass is 9.78. The van der Waals surface area contributed by atoms with Gasteiger partial charge in [-0.2, -0.15) is 0 Å². The lowest BCUT2D eigenvalue weighted by Crippen LogP contribution is -2.53. The summed E-state index contributed by atoms with van der Waals surface area (Å²) in [5.41, 5.74) is 0.417. The van der Waals surface area contributed by atoms with Gasteiger partial charge in [-0.15, -0.1) is 0 Å². The van der Waals surface area contributed by atoms with Crippen molar-refractivity contribution in [3.05, 3.63) is 35.6 Å². The van der Waals surface area contributed by atoms with Crippen LogP contribution in [-0.2, 0) is 16.0 Å². The van der Waals surface area contributed by atoms with Gasteiger partial charge in [-0.05, 0) is 49.8 Å². The zero-order valence-electron chi connectivity index (χ0n) is 16.8. The molecule has 0 radical (unpaired) electrons. The number of halogens is 1. The van der Waals surface area contributed by atoms with Crippen LogP contribution in [0.5, 0.6) is 0 Å². The number of hydrogen-bond acceptors (Lipinski definition) is 4. The predicted octanol–water partition coefficient (Wildman–Crippen LogP) is 2.79. The number of hydrogen-bond donors (Lipinski definition) is 3. The Hall–Kier alpha value is -2.15. The van der Waals surface area contributed by atoms with Gasteiger partial charge in [-0.25, -0.2) is 9.18 Å². The van der Waals surface area contributed by atoms with Gasteiger partial charge >= 0.3 is 6.09 Å². The number of carbonyl (C=O) groups excluding carboxylic acids is 2. The molecule has 0 aromatic heterocycles. The number of alkyl carbamates (subject to hydrolysis) is 1. The SMILES string of the molecule is CCOC(=O)N[C@H](C(=O)NC[C@]1(Cc2ccc(F)cc2)CCC[C@@H]1O)C(C)C. The maximum absolute atomic E-state index is 13.2. The van der Waals surface area contributed by atoms with Crippen molar-refractivity contribution in [3.63, 3.8) is 0 Å². The third-order valence-corrected chi connectivity index (χ3v) is 5.44. The molecule has 2 amide bonds. The number of aliphatic hydroxyl groups excluding tert-OH is 1. The van der Waals surface area contributed by atoms with Crippen LogP contribution in [0, 0.1) is 17.2 Å². The van der Waals surface area contributed by atoms with Crippen LogP contribution in [-0.4, -0.2) is 42.4 Å². The van der Waals surface area contributed by atoms with Crippen molar-refractivity contribution < 1.29 is 23.8 Å². The molecule has 0 bridgehead atoms. The maximum Gasteiger partial charge on any atom is 0.407 e. The Morgan fingerprint density at radius 1 is 1.32 bits per heavy atom. The maximum atomic E-state index is 13.2. The molecular formula is C21H31FN2O4. The summed E-state index contributed by atoms with van der Waals surface area (Å²) < 4.78 is 18.1. The number of aliphatic hydroxyl groups is 1. The minimum atomic E-state index is -0.722. The number of amides is 2. The summed E-state index contributed by atoms with van der Waals surface area (Å²) in [4.78, 5) is 24.4. The molecule has 6 nitrogen and oxygen atoms in total. The van der Waals surface area contributed by atoms with Gasteiger partial charge in [0.15, 0.2) is 0 Å². The fourth-order valence-electron chi connectivity index (χ4n) is 3.81. The highest BCUT2D eigenvalue weighted by Gasteiger charge is 2.42. The highest BCUT2D eigenvalue weighted by Crippen LogP contribution is 2.41. The van der Waals surface area contributed by atoms with Crippen LogP contribution in [0.3, 0.4) is 0 Å². The van der Waals surface area contributed by atoms with E-state index >= 15 is 0 Å². The van der Waals surface area contributed by atoms with Crippen molar-refractivity contribution in [1.82, 2.24) is 10.6 Å². The summed E-state index contributed by atoms with van der Waals surface area (Å²) in [6.07, 6.45) is 1.68. The average molecular weight is 394 g/mol. The molecule has 2 rings (SSSR count). The number of benzene rings is 1. The molecule has 0 aliphatic heterocycles. The van der Waals surface area contributed by atoms with Gasteiger partial charge in [0, 0.05) is 12.0 Å². The van der Waals surface area contributed by atoms with Crippen LogP contribution in [0.4, 0.5) is 9.18 Å². The molecule has 1 saturated carbocycles. The monoisotopic (exact) mass is 394 g/mol. The number of carbonyl (C=O) groups is 2. The van der Waals surface area contributed by atoms with E-state index in [0.717, 1.165) is 18.4 Å². The van der Waals surface area contributed by atoms with E-state index in [-0.39, 0.29) is 30.8 Å². The average Bonchev–Trinajstić information content (AvgIpc) is 3.00. The minimum absolute atomic E-state index is 0.119. The second-order valence-electron chi connectivity index (χ2n) is 7.88. The van der Waals surface area contributed by atoms with E-state index in [1.54, 1.807) is 19.1 Å². The molecule has 1 aromatic rings. The largest absolute Gasteiger partial charge is 0.450 e. The number of nitrogens with one attached hydrogen (secondary N) is 2. The van der Waals surface area contributed by atoms with E-state index in [2.05, 4.69) is 10.6 Å². The molecule has 0 saturated heterocycles. The molecule has 7 heteroatoms. The Morgan fingerprint density at radius 3 is 2.54 bits per heavy atom. The zero-order chi connectivity index (χ0) is 20.7. The molecular weight excluding hydrogens is 363 g/mol. The van der Waals surface area contributed by atoms with Gasteiger partial charge < -0.3 is 20.5 Å². The lowest BCUT2D eigenvalue weighted by Gasteiger charge is -2.34. The first-order chi connectivity index (χ1) is 13.3. The lowest BCUT2D eigenvalue weighted by molar-refractivity contribution is -0.125. The molecule has 3 atom stereocenters. The van der Waals surface area contributed by atoms with Crippen molar-refractivity contribution in [2.24, 2.45) is 11.3 Å². The predicted molar refractivity (Wildman–Crippen MR) is 104 cm³/mol. The van der Waals surface area contributed by atoms with Crippen molar-refractivity contribution >= 4 is 12.0 Å². The molecule has 3 N–H and O–H groups in total. The van der Waals surface area contributed by atoms with Gasteiger partial charge in [0.25, 0.3) is 0 Å². The van der Waals surface area contributed by atoms with E-state index in [9.17, 15) is 19.1 Å². The zero-order valence-corrected chi connectivity index (χ0v) is 16.8. The van der Waals surface area contributed by atoms with Crippen LogP contribution in [0.15, 0.2) is 24.3 Å². The molecule has 1 aliphatic rings. The van der Waals surface area contributed by atoms with E-state index in [4.69, 9.17) is 4.74 Å². The second kappa shape index (κ2) is 9.87. The van der Waals surface area contributed by atoms with E-state index in [1.165, 1.54) is 12.1 Å². The van der Waals surface area contributed by atoms with Crippen molar-refractivity contribution in [2.75, 3.05) is 13.2 Å². The summed E-state index contributed by atoms with van der Waals surface area (Å²) in [6, 6.07) is 5.51. The van der Waals surface area contributed by atoms with Crippen LogP contribution < -0.4 is 10.6 Å². The van der Waals surface area contributed by atoms with Crippen LogP contribution in [0.1, 0.15) is 45.6 Å². The normalized spacial score (nSPS) is 22.7. The standard InChI is InChI=1S/C21H31FN2O4/c1-4-28-20(27)24-18(14(2)3)19(26)23-13-21(11-5-6-17(21)25)12-15-7-9-16(22)10-8-15/h7-10,14,17-18,25H,4-6,11-13H2,1-3H3,(H,23,26)(H,24,27)/t17-,18-,21+/m0/s1. The van der Waals surface area contributed by atoms with Crippen molar-refractivity contribution in [3.8, 4) is 0 Å². The fraction of sp³-hybridized carbons (Fsp3) is 0.619. The molecule has 1 aromatic carbocycles. The van der Waals surface area contributed by atoms with Crippen LogP contribution in [0.25, 0.3) is 0 Å². The van der Waals surface area contributed by atoms with Gasteiger partial charge in [0.1, 0.15) is 11.9 Å². The Labute approximate surface area is 165 Å². The van der Waals surface area contributed by atoms with Gasteiger partial charge in [0.05, 0.1) is 12.7 Å². The summed E-state index contributed by atoms with van der Waals surface area (Å²) in [6.45, 7) is 5.90. The fourth-order valence-corrected chi connectivity index (χ4v) is 3.81. The second-order valence-corrected chi connectivity index (χ2v) is 7.88. The Kier molecular flexibility index (Phi) is 7.80. The highest BCUT2D eigenvalue weighted by atomic mass is 19.1. The number of ether oxygens (including phenoxy) is 1. The van der Waals surface area contributed by atoms with Gasteiger partial charge in [-0.1, -0.05) is 32.4 Å². The Morgan fingerprint density at radius 2 is 2.00 bits per heavy atom. The summed E-state index contributed by atoms with van der Waals surface area (Å²) in [5, 5.41) is 16.1. The Balaban J connectivity index is 2.06. The molecule has 28 heavy (non-hydrogen) atoms. The highest BCUT2D eigenvalue weighted by molar-refractivity contribution is 5.85. The van der Waals surface area contributed by atoms with E-state index < -0.39 is 23.7 Å². The molecule has 0 unspecified atom stereocenters. The molecule has 156 valence electrons. The third kappa shape index (κ3) is 5.67. The first-order valence-electron chi connectivity index (χ1n) is 9.91. The minimum Gasteiger partial charge on any atom is -0.450 e. The molecule has 1 fully saturated rings. The first kappa shape index (κ1) is 22.1. The molecule has 1 aliphatic carbocycles. The van der Waals surface area contributed by atoms with Crippen molar-refractivity contribution in [2.45, 2.75) is 58.6 Å². The Bertz CT molecular complexity index is 665. The summed E-state index contributed by atoms with van der Waals surface area (Å²) in [7, 11) is 0. The first-order valence-corrected chi connectivity index (χ1v) is 9.91. The molecule has 0 spiro atoms. The quantitative estimate of drug-likeness (QED) is 0.633. The topological polar surface area (TPSA) is 87.7 Å². The summed E-state index contributed by atoms with van der Waals surface area (Å²) >= 11 is 0. The van der Waals surface area contributed by atoms with Crippen LogP contribution in [0.2, 0.25) is 0 Å². The van der Waals surface area contributed by atoms with Gasteiger partial charge in [0.2, 0.25) is 5.91 Å². The smallest absolute Gasteiger partial charge is 0.407 e. The molecule has 0 heterocycles. The third-order valence-electron chi connectivity index (χ3n) is 5.44. The van der Waals surface area contributed by atoms with E-state index in [1.807, 2.05) is 13.8 Å². The van der Waals surface area contributed by atoms with Gasteiger partial charge in [-0.3, -0.25) is 4.79 Å². The van der Waals surface area contributed by atoms with E-state index in [0.29, 0.717) is 12.8 Å². The number of rotatable bonds is 8. The van der Waals surface area contributed by atoms with Crippen molar-refractivity contribution in [1.29, 1.82) is 0 Å². The van der Waals surface area contributed by atoms with Crippen LogP contribution >= 0.6 is 0 Å². The summed E-state index contributed by atoms with van der Waals surface area (Å²) in [5.74, 6) is -0.727.